The molecule has 1 saturated heterocycles. The van der Waals surface area contributed by atoms with Crippen LogP contribution in [0.1, 0.15) is 54.4 Å². The predicted molar refractivity (Wildman–Crippen MR) is 76.3 cm³/mol. The van der Waals surface area contributed by atoms with Crippen molar-refractivity contribution in [3.05, 3.63) is 0 Å². The van der Waals surface area contributed by atoms with Gasteiger partial charge in [0.15, 0.2) is 0 Å². The maximum atomic E-state index is 3.79. The molecule has 0 radical (unpaired) electrons. The lowest BCUT2D eigenvalue weighted by atomic mass is 9.86. The fourth-order valence-electron chi connectivity index (χ4n) is 3.00. The van der Waals surface area contributed by atoms with E-state index in [1.807, 2.05) is 0 Å². The first kappa shape index (κ1) is 15.0. The second-order valence-corrected chi connectivity index (χ2v) is 6.57. The largest absolute Gasteiger partial charge is 0.311 e. The summed E-state index contributed by atoms with van der Waals surface area (Å²) in [6.45, 7) is 16.5. The highest BCUT2D eigenvalue weighted by molar-refractivity contribution is 4.86. The molecular formula is C15H32N2. The molecule has 0 amide bonds. The minimum absolute atomic E-state index is 0.604. The average Bonchev–Trinajstić information content (AvgIpc) is 2.39. The lowest BCUT2D eigenvalue weighted by Crippen LogP contribution is -2.45. The first-order valence-electron chi connectivity index (χ1n) is 7.42. The molecule has 2 heteroatoms. The van der Waals surface area contributed by atoms with Gasteiger partial charge in [0.2, 0.25) is 0 Å². The molecule has 0 aromatic rings. The Morgan fingerprint density at radius 1 is 1.06 bits per heavy atom. The topological polar surface area (TPSA) is 15.3 Å². The zero-order valence-electron chi connectivity index (χ0n) is 12.7. The first-order chi connectivity index (χ1) is 7.91. The Bertz CT molecular complexity index is 211. The number of nitrogens with one attached hydrogen (secondary N) is 1. The molecule has 0 aliphatic carbocycles. The van der Waals surface area contributed by atoms with Crippen molar-refractivity contribution >= 4 is 0 Å². The first-order valence-corrected chi connectivity index (χ1v) is 7.42. The number of hydrogen-bond acceptors (Lipinski definition) is 2. The highest BCUT2D eigenvalue weighted by Gasteiger charge is 2.30. The fourth-order valence-corrected chi connectivity index (χ4v) is 3.00. The van der Waals surface area contributed by atoms with E-state index in [1.165, 1.54) is 25.9 Å². The Labute approximate surface area is 108 Å². The van der Waals surface area contributed by atoms with E-state index in [4.69, 9.17) is 0 Å². The van der Waals surface area contributed by atoms with Crippen molar-refractivity contribution in [2.45, 2.75) is 72.5 Å². The van der Waals surface area contributed by atoms with E-state index < -0.39 is 0 Å². The quantitative estimate of drug-likeness (QED) is 0.812. The number of rotatable bonds is 4. The summed E-state index contributed by atoms with van der Waals surface area (Å²) >= 11 is 0. The Balaban J connectivity index is 2.70. The molecule has 17 heavy (non-hydrogen) atoms. The molecule has 1 N–H and O–H groups in total. The van der Waals surface area contributed by atoms with E-state index in [0.717, 1.165) is 11.8 Å². The Hall–Kier alpha value is -0.0800. The predicted octanol–water partition coefficient (Wildman–Crippen LogP) is 3.13. The molecule has 2 atom stereocenters. The lowest BCUT2D eigenvalue weighted by Gasteiger charge is -2.34. The summed E-state index contributed by atoms with van der Waals surface area (Å²) < 4.78 is 0. The molecule has 0 aromatic heterocycles. The van der Waals surface area contributed by atoms with E-state index in [1.54, 1.807) is 0 Å². The molecule has 1 fully saturated rings. The van der Waals surface area contributed by atoms with Crippen LogP contribution >= 0.6 is 0 Å². The number of nitrogens with zero attached hydrogens (tertiary/aromatic N) is 1. The highest BCUT2D eigenvalue weighted by Crippen LogP contribution is 2.25. The van der Waals surface area contributed by atoms with Crippen LogP contribution in [0.15, 0.2) is 0 Å². The van der Waals surface area contributed by atoms with Crippen molar-refractivity contribution in [3.63, 3.8) is 0 Å². The highest BCUT2D eigenvalue weighted by atomic mass is 15.2. The van der Waals surface area contributed by atoms with Gasteiger partial charge in [-0.25, -0.2) is 0 Å². The summed E-state index contributed by atoms with van der Waals surface area (Å²) in [6.07, 6.45) is 2.68. The minimum Gasteiger partial charge on any atom is -0.311 e. The van der Waals surface area contributed by atoms with Crippen LogP contribution in [-0.2, 0) is 0 Å². The van der Waals surface area contributed by atoms with Crippen molar-refractivity contribution in [1.29, 1.82) is 0 Å². The van der Waals surface area contributed by atoms with Crippen LogP contribution in [0.4, 0.5) is 0 Å². The smallest absolute Gasteiger partial charge is 0.0113 e. The molecule has 102 valence electrons. The van der Waals surface area contributed by atoms with E-state index >= 15 is 0 Å². The van der Waals surface area contributed by atoms with Gasteiger partial charge in [-0.15, -0.1) is 0 Å². The Morgan fingerprint density at radius 2 is 1.71 bits per heavy atom. The van der Waals surface area contributed by atoms with Gasteiger partial charge in [-0.05, 0) is 45.1 Å². The molecule has 2 unspecified atom stereocenters. The van der Waals surface area contributed by atoms with Crippen LogP contribution in [0, 0.1) is 11.8 Å². The van der Waals surface area contributed by atoms with Gasteiger partial charge >= 0.3 is 0 Å². The molecule has 1 aliphatic rings. The zero-order chi connectivity index (χ0) is 13.0. The summed E-state index contributed by atoms with van der Waals surface area (Å²) in [5, 5.41) is 3.79. The van der Waals surface area contributed by atoms with Crippen LogP contribution in [0.25, 0.3) is 0 Å². The summed E-state index contributed by atoms with van der Waals surface area (Å²) in [5.41, 5.74) is 0. The third-order valence-corrected chi connectivity index (χ3v) is 4.06. The van der Waals surface area contributed by atoms with E-state index in [2.05, 4.69) is 51.8 Å². The van der Waals surface area contributed by atoms with Crippen LogP contribution in [-0.4, -0.2) is 36.1 Å². The van der Waals surface area contributed by atoms with Gasteiger partial charge in [-0.1, -0.05) is 27.7 Å². The maximum Gasteiger partial charge on any atom is 0.0113 e. The Morgan fingerprint density at radius 3 is 2.18 bits per heavy atom. The van der Waals surface area contributed by atoms with Crippen molar-refractivity contribution < 1.29 is 0 Å². The van der Waals surface area contributed by atoms with Gasteiger partial charge in [0.05, 0.1) is 0 Å². The maximum absolute atomic E-state index is 3.79. The molecule has 1 aliphatic heterocycles. The lowest BCUT2D eigenvalue weighted by molar-refractivity contribution is 0.162. The normalized spacial score (nSPS) is 28.1. The molecule has 1 heterocycles. The van der Waals surface area contributed by atoms with Crippen molar-refractivity contribution in [3.8, 4) is 0 Å². The van der Waals surface area contributed by atoms with E-state index in [0.29, 0.717) is 18.1 Å². The molecule has 2 nitrogen and oxygen atoms in total. The molecule has 0 bridgehead atoms. The zero-order valence-corrected chi connectivity index (χ0v) is 12.7. The molecule has 0 spiro atoms. The molecular weight excluding hydrogens is 208 g/mol. The van der Waals surface area contributed by atoms with Gasteiger partial charge in [0, 0.05) is 24.7 Å². The van der Waals surface area contributed by atoms with Crippen molar-refractivity contribution in [2.75, 3.05) is 13.1 Å². The van der Waals surface area contributed by atoms with Gasteiger partial charge in [-0.3, -0.25) is 0 Å². The monoisotopic (exact) mass is 240 g/mol. The van der Waals surface area contributed by atoms with E-state index in [9.17, 15) is 0 Å². The molecule has 0 aromatic carbocycles. The number of likely N-dealkylation sites (tertiary alicyclic amines) is 1. The molecule has 1 rings (SSSR count). The van der Waals surface area contributed by atoms with Gasteiger partial charge in [0.1, 0.15) is 0 Å². The van der Waals surface area contributed by atoms with Crippen LogP contribution in [0.2, 0.25) is 0 Å². The summed E-state index contributed by atoms with van der Waals surface area (Å²) in [4.78, 5) is 2.66. The van der Waals surface area contributed by atoms with Crippen LogP contribution in [0.5, 0.6) is 0 Å². The SMILES string of the molecule is CC(C)NC1CCCN(C(C)C)CC1C(C)C. The minimum atomic E-state index is 0.604. The van der Waals surface area contributed by atoms with Gasteiger partial charge in [-0.2, -0.15) is 0 Å². The van der Waals surface area contributed by atoms with Gasteiger partial charge in [0.25, 0.3) is 0 Å². The van der Waals surface area contributed by atoms with Crippen LogP contribution < -0.4 is 5.32 Å². The van der Waals surface area contributed by atoms with E-state index in [-0.39, 0.29) is 0 Å². The summed E-state index contributed by atoms with van der Waals surface area (Å²) in [6, 6.07) is 2.00. The average molecular weight is 240 g/mol. The summed E-state index contributed by atoms with van der Waals surface area (Å²) in [5.74, 6) is 1.56. The standard InChI is InChI=1S/C15H32N2/c1-11(2)14-10-17(13(5)6)9-7-8-15(14)16-12(3)4/h11-16H,7-10H2,1-6H3. The fraction of sp³-hybridized carbons (Fsp3) is 1.00. The second kappa shape index (κ2) is 6.75. The van der Waals surface area contributed by atoms with Crippen molar-refractivity contribution in [1.82, 2.24) is 10.2 Å². The number of hydrogen-bond donors (Lipinski definition) is 1. The van der Waals surface area contributed by atoms with Crippen LogP contribution in [0.3, 0.4) is 0 Å². The molecule has 0 saturated carbocycles. The van der Waals surface area contributed by atoms with Gasteiger partial charge < -0.3 is 10.2 Å². The third kappa shape index (κ3) is 4.59. The van der Waals surface area contributed by atoms with Crippen molar-refractivity contribution in [2.24, 2.45) is 11.8 Å². The Kier molecular flexibility index (Phi) is 5.94. The third-order valence-electron chi connectivity index (χ3n) is 4.06. The second-order valence-electron chi connectivity index (χ2n) is 6.57. The summed E-state index contributed by atoms with van der Waals surface area (Å²) in [7, 11) is 0.